The van der Waals surface area contributed by atoms with Crippen LogP contribution in [0.25, 0.3) is 6.08 Å². The van der Waals surface area contributed by atoms with Crippen LogP contribution in [-0.4, -0.2) is 29.9 Å². The third-order valence-corrected chi connectivity index (χ3v) is 5.51. The smallest absolute Gasteiger partial charge is 0.363 e. The lowest BCUT2D eigenvalue weighted by Gasteiger charge is -2.12. The molecule has 1 heterocycles. The summed E-state index contributed by atoms with van der Waals surface area (Å²) < 4.78 is 16.7. The second-order valence-electron chi connectivity index (χ2n) is 6.93. The zero-order valence-corrected chi connectivity index (χ0v) is 19.7. The fraction of sp³-hybridized carbons (Fsp3) is 0.0417. The fourth-order valence-electron chi connectivity index (χ4n) is 3.06. The minimum Gasteiger partial charge on any atom is -0.493 e. The Morgan fingerprint density at radius 3 is 2.47 bits per heavy atom. The molecule has 9 nitrogen and oxygen atoms in total. The van der Waals surface area contributed by atoms with Gasteiger partial charge in [0.15, 0.2) is 17.2 Å². The molecule has 34 heavy (non-hydrogen) atoms. The van der Waals surface area contributed by atoms with Crippen molar-refractivity contribution in [2.24, 2.45) is 4.99 Å². The molecule has 0 aliphatic carbocycles. The van der Waals surface area contributed by atoms with Crippen LogP contribution >= 0.6 is 22.6 Å². The third-order valence-electron chi connectivity index (χ3n) is 4.70. The Balaban J connectivity index is 1.61. The lowest BCUT2D eigenvalue weighted by molar-refractivity contribution is -0.384. The Labute approximate surface area is 207 Å². The average Bonchev–Trinajstić information content (AvgIpc) is 3.21. The Morgan fingerprint density at radius 2 is 1.82 bits per heavy atom. The van der Waals surface area contributed by atoms with Gasteiger partial charge in [0.05, 0.1) is 21.2 Å². The summed E-state index contributed by atoms with van der Waals surface area (Å²) in [6.45, 7) is 0. The van der Waals surface area contributed by atoms with Crippen LogP contribution < -0.4 is 9.47 Å². The quantitative estimate of drug-likeness (QED) is 0.105. The van der Waals surface area contributed by atoms with Gasteiger partial charge in [-0.25, -0.2) is 14.6 Å². The van der Waals surface area contributed by atoms with Crippen molar-refractivity contribution in [1.82, 2.24) is 0 Å². The first-order valence-electron chi connectivity index (χ1n) is 9.78. The summed E-state index contributed by atoms with van der Waals surface area (Å²) in [5.41, 5.74) is 1.35. The van der Waals surface area contributed by atoms with E-state index in [1.54, 1.807) is 42.5 Å². The standard InChI is InChI=1S/C24H15IN2O7/c1-32-20-13-14(11-18(25)21(20)33-23(28)16-5-3-2-4-6-16)12-19-24(29)34-22(26-19)15-7-9-17(10-8-15)27(30)31/h2-13H,1H3/b19-12-. The average molecular weight is 570 g/mol. The highest BCUT2D eigenvalue weighted by Gasteiger charge is 2.25. The Kier molecular flexibility index (Phi) is 6.68. The third kappa shape index (κ3) is 4.96. The molecule has 0 spiro atoms. The maximum absolute atomic E-state index is 12.5. The van der Waals surface area contributed by atoms with Crippen LogP contribution in [0.1, 0.15) is 21.5 Å². The molecule has 0 saturated carbocycles. The van der Waals surface area contributed by atoms with Crippen LogP contribution in [0, 0.1) is 13.7 Å². The number of halogens is 1. The predicted molar refractivity (Wildman–Crippen MR) is 131 cm³/mol. The van der Waals surface area contributed by atoms with Gasteiger partial charge in [0.1, 0.15) is 0 Å². The normalized spacial score (nSPS) is 13.9. The second-order valence-corrected chi connectivity index (χ2v) is 8.09. The van der Waals surface area contributed by atoms with Crippen LogP contribution in [-0.2, 0) is 9.53 Å². The topological polar surface area (TPSA) is 117 Å². The molecule has 0 unspecified atom stereocenters. The number of carbonyl (C=O) groups excluding carboxylic acids is 2. The van der Waals surface area contributed by atoms with E-state index in [0.29, 0.717) is 26.0 Å². The highest BCUT2D eigenvalue weighted by Crippen LogP contribution is 2.35. The molecule has 0 amide bonds. The number of nitro benzene ring substituents is 1. The minimum atomic E-state index is -0.665. The summed E-state index contributed by atoms with van der Waals surface area (Å²) >= 11 is 2.01. The molecule has 0 radical (unpaired) electrons. The molecule has 4 rings (SSSR count). The first kappa shape index (κ1) is 23.1. The zero-order valence-electron chi connectivity index (χ0n) is 17.6. The van der Waals surface area contributed by atoms with E-state index in [1.165, 1.54) is 37.5 Å². The van der Waals surface area contributed by atoms with Crippen molar-refractivity contribution in [1.29, 1.82) is 0 Å². The monoisotopic (exact) mass is 570 g/mol. The van der Waals surface area contributed by atoms with E-state index in [1.807, 2.05) is 22.6 Å². The number of methoxy groups -OCH3 is 1. The number of cyclic esters (lactones) is 1. The Hall–Kier alpha value is -4.06. The van der Waals surface area contributed by atoms with Crippen LogP contribution in [0.3, 0.4) is 0 Å². The van der Waals surface area contributed by atoms with Gasteiger partial charge < -0.3 is 14.2 Å². The highest BCUT2D eigenvalue weighted by molar-refractivity contribution is 14.1. The van der Waals surface area contributed by atoms with E-state index < -0.39 is 16.9 Å². The van der Waals surface area contributed by atoms with Crippen molar-refractivity contribution in [3.05, 3.63) is 103 Å². The number of rotatable bonds is 6. The van der Waals surface area contributed by atoms with Crippen LogP contribution in [0.2, 0.25) is 0 Å². The number of ether oxygens (including phenoxy) is 3. The van der Waals surface area contributed by atoms with Crippen LogP contribution in [0.4, 0.5) is 5.69 Å². The van der Waals surface area contributed by atoms with Gasteiger partial charge in [-0.05, 0) is 70.6 Å². The van der Waals surface area contributed by atoms with Crippen molar-refractivity contribution in [2.45, 2.75) is 0 Å². The summed E-state index contributed by atoms with van der Waals surface area (Å²) in [6.07, 6.45) is 1.51. The maximum atomic E-state index is 12.5. The zero-order chi connectivity index (χ0) is 24.2. The first-order valence-corrected chi connectivity index (χ1v) is 10.9. The summed E-state index contributed by atoms with van der Waals surface area (Å²) in [5, 5.41) is 10.8. The molecule has 1 aliphatic heterocycles. The maximum Gasteiger partial charge on any atom is 0.363 e. The van der Waals surface area contributed by atoms with Crippen LogP contribution in [0.5, 0.6) is 11.5 Å². The van der Waals surface area contributed by atoms with Gasteiger partial charge in [-0.1, -0.05) is 18.2 Å². The fourth-order valence-corrected chi connectivity index (χ4v) is 3.80. The van der Waals surface area contributed by atoms with E-state index in [-0.39, 0.29) is 23.0 Å². The molecular weight excluding hydrogens is 555 g/mol. The summed E-state index contributed by atoms with van der Waals surface area (Å²) in [5.74, 6) is -0.597. The summed E-state index contributed by atoms with van der Waals surface area (Å²) in [7, 11) is 1.44. The molecule has 3 aromatic carbocycles. The molecule has 170 valence electrons. The second kappa shape index (κ2) is 9.83. The van der Waals surface area contributed by atoms with E-state index >= 15 is 0 Å². The number of aliphatic imine (C=N–C) groups is 1. The van der Waals surface area contributed by atoms with Crippen molar-refractivity contribution in [3.8, 4) is 11.5 Å². The van der Waals surface area contributed by atoms with Gasteiger partial charge in [-0.3, -0.25) is 10.1 Å². The molecular formula is C24H15IN2O7. The number of esters is 2. The van der Waals surface area contributed by atoms with E-state index in [9.17, 15) is 19.7 Å². The van der Waals surface area contributed by atoms with Gasteiger partial charge >= 0.3 is 11.9 Å². The van der Waals surface area contributed by atoms with Crippen LogP contribution in [0.15, 0.2) is 77.4 Å². The lowest BCUT2D eigenvalue weighted by Crippen LogP contribution is -2.10. The van der Waals surface area contributed by atoms with Crippen molar-refractivity contribution in [2.75, 3.05) is 7.11 Å². The largest absolute Gasteiger partial charge is 0.493 e. The molecule has 0 fully saturated rings. The number of benzene rings is 3. The number of non-ortho nitro benzene ring substituents is 1. The van der Waals surface area contributed by atoms with E-state index in [4.69, 9.17) is 14.2 Å². The molecule has 0 atom stereocenters. The first-order chi connectivity index (χ1) is 16.4. The minimum absolute atomic E-state index is 0.0419. The van der Waals surface area contributed by atoms with Gasteiger partial charge in [0, 0.05) is 17.7 Å². The van der Waals surface area contributed by atoms with Gasteiger partial charge in [-0.15, -0.1) is 0 Å². The molecule has 1 aliphatic rings. The molecule has 0 aromatic heterocycles. The molecule has 0 bridgehead atoms. The lowest BCUT2D eigenvalue weighted by atomic mass is 10.1. The Morgan fingerprint density at radius 1 is 1.12 bits per heavy atom. The number of carbonyl (C=O) groups is 2. The SMILES string of the molecule is COc1cc(/C=C2\N=C(c3ccc([N+](=O)[O-])cc3)OC2=O)cc(I)c1OC(=O)c1ccccc1. The molecule has 3 aromatic rings. The predicted octanol–water partition coefficient (Wildman–Crippen LogP) is 4.77. The number of hydrogen-bond acceptors (Lipinski definition) is 8. The van der Waals surface area contributed by atoms with Crippen molar-refractivity contribution < 1.29 is 28.7 Å². The molecule has 0 saturated heterocycles. The van der Waals surface area contributed by atoms with Crippen molar-refractivity contribution in [3.63, 3.8) is 0 Å². The van der Waals surface area contributed by atoms with Gasteiger partial charge in [0.25, 0.3) is 5.69 Å². The van der Waals surface area contributed by atoms with E-state index in [0.717, 1.165) is 0 Å². The van der Waals surface area contributed by atoms with Gasteiger partial charge in [-0.2, -0.15) is 0 Å². The number of nitrogens with zero attached hydrogens (tertiary/aromatic N) is 2. The molecule has 0 N–H and O–H groups in total. The number of nitro groups is 1. The van der Waals surface area contributed by atoms with Gasteiger partial charge in [0.2, 0.25) is 5.90 Å². The number of hydrogen-bond donors (Lipinski definition) is 0. The summed E-state index contributed by atoms with van der Waals surface area (Å²) in [6, 6.07) is 17.4. The molecule has 10 heteroatoms. The Bertz CT molecular complexity index is 1350. The highest BCUT2D eigenvalue weighted by atomic mass is 127. The summed E-state index contributed by atoms with van der Waals surface area (Å²) in [4.78, 5) is 39.3. The van der Waals surface area contributed by atoms with Crippen molar-refractivity contribution >= 4 is 52.2 Å². The van der Waals surface area contributed by atoms with E-state index in [2.05, 4.69) is 4.99 Å².